The Balaban J connectivity index is 1.25. The smallest absolute Gasteiger partial charge is 0.344 e. The summed E-state index contributed by atoms with van der Waals surface area (Å²) in [6, 6.07) is 16.6. The molecule has 0 unspecified atom stereocenters. The van der Waals surface area contributed by atoms with E-state index in [1.165, 1.54) is 0 Å². The molecule has 2 aromatic carbocycles. The second-order valence-electron chi connectivity index (χ2n) is 9.27. The van der Waals surface area contributed by atoms with Gasteiger partial charge in [0.2, 0.25) is 0 Å². The fourth-order valence-electron chi connectivity index (χ4n) is 5.30. The Labute approximate surface area is 210 Å². The van der Waals surface area contributed by atoms with Crippen LogP contribution in [0.2, 0.25) is 0 Å². The second-order valence-corrected chi connectivity index (χ2v) is 9.27. The molecule has 2 fully saturated rings. The van der Waals surface area contributed by atoms with Crippen LogP contribution in [0.1, 0.15) is 30.9 Å². The molecule has 2 aromatic rings. The van der Waals surface area contributed by atoms with Crippen molar-refractivity contribution in [3.05, 3.63) is 65.7 Å². The number of nitrogens with zero attached hydrogens (tertiary/aromatic N) is 1. The molecule has 3 aliphatic rings. The molecular weight excluding hydrogens is 462 g/mol. The molecule has 5 atom stereocenters. The minimum atomic E-state index is -0.663. The van der Waals surface area contributed by atoms with Gasteiger partial charge < -0.3 is 23.7 Å². The summed E-state index contributed by atoms with van der Waals surface area (Å²) in [5.74, 6) is 0.560. The van der Waals surface area contributed by atoms with Crippen LogP contribution in [0.3, 0.4) is 0 Å². The van der Waals surface area contributed by atoms with Gasteiger partial charge in [-0.15, -0.1) is 0 Å². The van der Waals surface area contributed by atoms with Gasteiger partial charge in [-0.25, -0.2) is 14.6 Å². The zero-order chi connectivity index (χ0) is 24.9. The minimum Gasteiger partial charge on any atom is -0.482 e. The molecule has 36 heavy (non-hydrogen) atoms. The number of ether oxygens (including phenoxy) is 5. The Morgan fingerprint density at radius 3 is 2.61 bits per heavy atom. The van der Waals surface area contributed by atoms with Crippen LogP contribution >= 0.6 is 0 Å². The van der Waals surface area contributed by atoms with E-state index in [-0.39, 0.29) is 49.8 Å². The summed E-state index contributed by atoms with van der Waals surface area (Å²) in [4.78, 5) is 29.1. The number of fused-ring (bicyclic) bond motifs is 2. The molecule has 5 rings (SSSR count). The molecule has 0 amide bonds. The Morgan fingerprint density at radius 1 is 1.00 bits per heavy atom. The lowest BCUT2D eigenvalue weighted by atomic mass is 9.76. The molecule has 0 aliphatic carbocycles. The first-order valence-corrected chi connectivity index (χ1v) is 12.5. The van der Waals surface area contributed by atoms with Crippen LogP contribution in [0.15, 0.2) is 59.6 Å². The van der Waals surface area contributed by atoms with Crippen molar-refractivity contribution in [1.29, 1.82) is 0 Å². The maximum atomic E-state index is 12.6. The molecule has 0 N–H and O–H groups in total. The summed E-state index contributed by atoms with van der Waals surface area (Å²) in [7, 11) is 0. The lowest BCUT2D eigenvalue weighted by molar-refractivity contribution is -0.147. The molecule has 0 aromatic heterocycles. The summed E-state index contributed by atoms with van der Waals surface area (Å²) in [6.07, 6.45) is 2.72. The van der Waals surface area contributed by atoms with E-state index in [9.17, 15) is 9.59 Å². The molecule has 8 heteroatoms. The first kappa shape index (κ1) is 24.3. The van der Waals surface area contributed by atoms with Crippen LogP contribution in [0, 0.1) is 11.8 Å². The van der Waals surface area contributed by atoms with Crippen molar-refractivity contribution in [2.24, 2.45) is 16.8 Å². The van der Waals surface area contributed by atoms with E-state index in [1.54, 1.807) is 6.92 Å². The highest BCUT2D eigenvalue weighted by molar-refractivity contribution is 5.87. The lowest BCUT2D eigenvalue weighted by Gasteiger charge is -2.28. The zero-order valence-corrected chi connectivity index (χ0v) is 20.3. The third-order valence-electron chi connectivity index (χ3n) is 6.96. The number of carbonyl (C=O) groups is 2. The van der Waals surface area contributed by atoms with Crippen LogP contribution in [0.4, 0.5) is 0 Å². The van der Waals surface area contributed by atoms with Crippen LogP contribution in [-0.4, -0.2) is 55.9 Å². The molecule has 3 aliphatic heterocycles. The molecule has 2 saturated heterocycles. The van der Waals surface area contributed by atoms with Crippen molar-refractivity contribution in [2.75, 3.05) is 19.8 Å². The van der Waals surface area contributed by atoms with Crippen molar-refractivity contribution < 1.29 is 33.3 Å². The highest BCUT2D eigenvalue weighted by Gasteiger charge is 2.53. The minimum absolute atomic E-state index is 0.0189. The molecule has 0 saturated carbocycles. The van der Waals surface area contributed by atoms with E-state index in [1.807, 2.05) is 54.6 Å². The van der Waals surface area contributed by atoms with E-state index in [4.69, 9.17) is 23.7 Å². The fraction of sp³-hybridized carbons (Fsp3) is 0.464. The first-order valence-electron chi connectivity index (χ1n) is 12.5. The predicted octanol–water partition coefficient (Wildman–Crippen LogP) is 3.51. The van der Waals surface area contributed by atoms with E-state index in [0.717, 1.165) is 24.0 Å². The summed E-state index contributed by atoms with van der Waals surface area (Å²) in [5, 5.41) is 0. The predicted molar refractivity (Wildman–Crippen MR) is 131 cm³/mol. The SMILES string of the molecule is CCOC(=O)COc1ccccc1C[C@@H]1[C@H](C2=N[C@H](C(=O)OCc3ccccc3)CO2)[C@H]2CC[C@@H]1O2. The van der Waals surface area contributed by atoms with Crippen molar-refractivity contribution in [3.8, 4) is 5.75 Å². The summed E-state index contributed by atoms with van der Waals surface area (Å²) < 4.78 is 28.4. The second kappa shape index (κ2) is 11.1. The largest absolute Gasteiger partial charge is 0.482 e. The number of esters is 2. The topological polar surface area (TPSA) is 92.7 Å². The number of hydrogen-bond acceptors (Lipinski definition) is 8. The number of benzene rings is 2. The van der Waals surface area contributed by atoms with Gasteiger partial charge in [0.25, 0.3) is 0 Å². The number of carbonyl (C=O) groups excluding carboxylic acids is 2. The Bertz CT molecular complexity index is 1100. The molecule has 0 spiro atoms. The van der Waals surface area contributed by atoms with Crippen LogP contribution in [-0.2, 0) is 41.6 Å². The first-order chi connectivity index (χ1) is 17.6. The number of hydrogen-bond donors (Lipinski definition) is 0. The average Bonchev–Trinajstić information content (AvgIpc) is 3.65. The summed E-state index contributed by atoms with van der Waals surface area (Å²) in [6.45, 7) is 2.34. The third kappa shape index (κ3) is 5.38. The maximum absolute atomic E-state index is 12.6. The van der Waals surface area contributed by atoms with Gasteiger partial charge in [-0.3, -0.25) is 0 Å². The quantitative estimate of drug-likeness (QED) is 0.468. The van der Waals surface area contributed by atoms with Crippen molar-refractivity contribution >= 4 is 17.8 Å². The average molecular weight is 494 g/mol. The van der Waals surface area contributed by atoms with Crippen LogP contribution < -0.4 is 4.74 Å². The summed E-state index contributed by atoms with van der Waals surface area (Å²) in [5.41, 5.74) is 1.92. The molecule has 190 valence electrons. The normalized spacial score (nSPS) is 26.2. The fourth-order valence-corrected chi connectivity index (χ4v) is 5.30. The van der Waals surface area contributed by atoms with E-state index in [0.29, 0.717) is 24.7 Å². The van der Waals surface area contributed by atoms with Gasteiger partial charge in [-0.05, 0) is 43.4 Å². The Hall–Kier alpha value is -3.39. The number of rotatable bonds is 10. The molecule has 0 radical (unpaired) electrons. The molecule has 2 bridgehead atoms. The van der Waals surface area contributed by atoms with Gasteiger partial charge in [-0.2, -0.15) is 0 Å². The van der Waals surface area contributed by atoms with Crippen molar-refractivity contribution in [1.82, 2.24) is 0 Å². The van der Waals surface area contributed by atoms with Gasteiger partial charge in [0.05, 0.1) is 24.7 Å². The van der Waals surface area contributed by atoms with E-state index < -0.39 is 12.0 Å². The lowest BCUT2D eigenvalue weighted by Crippen LogP contribution is -2.35. The maximum Gasteiger partial charge on any atom is 0.344 e. The standard InChI is InChI=1S/C28H31NO7/c1-2-32-25(30)17-33-22-11-7-6-10-19(22)14-20-23-12-13-24(36-23)26(20)27-29-21(16-34-27)28(31)35-15-18-8-4-3-5-9-18/h3-11,20-21,23-24,26H,2,12-17H2,1H3/t20-,21-,23-,24+,26-/m0/s1. The van der Waals surface area contributed by atoms with Gasteiger partial charge in [0, 0.05) is 5.92 Å². The zero-order valence-electron chi connectivity index (χ0n) is 20.3. The van der Waals surface area contributed by atoms with Crippen LogP contribution in [0.5, 0.6) is 5.75 Å². The van der Waals surface area contributed by atoms with Crippen molar-refractivity contribution in [3.63, 3.8) is 0 Å². The molecule has 3 heterocycles. The number of aliphatic imine (C=N–C) groups is 1. The van der Waals surface area contributed by atoms with E-state index in [2.05, 4.69) is 4.99 Å². The van der Waals surface area contributed by atoms with Crippen molar-refractivity contribution in [2.45, 2.75) is 51.0 Å². The van der Waals surface area contributed by atoms with Gasteiger partial charge in [0.1, 0.15) is 19.0 Å². The van der Waals surface area contributed by atoms with E-state index >= 15 is 0 Å². The monoisotopic (exact) mass is 493 g/mol. The Morgan fingerprint density at radius 2 is 1.78 bits per heavy atom. The highest BCUT2D eigenvalue weighted by atomic mass is 16.6. The van der Waals surface area contributed by atoms with Gasteiger partial charge in [-0.1, -0.05) is 48.5 Å². The molecular formula is C28H31NO7. The van der Waals surface area contributed by atoms with Gasteiger partial charge >= 0.3 is 11.9 Å². The Kier molecular flexibility index (Phi) is 7.51. The number of para-hydroxylation sites is 1. The van der Waals surface area contributed by atoms with Gasteiger partial charge in [0.15, 0.2) is 18.5 Å². The third-order valence-corrected chi connectivity index (χ3v) is 6.96. The highest BCUT2D eigenvalue weighted by Crippen LogP contribution is 2.47. The molecule has 8 nitrogen and oxygen atoms in total. The summed E-state index contributed by atoms with van der Waals surface area (Å²) >= 11 is 0. The van der Waals surface area contributed by atoms with Crippen LogP contribution in [0.25, 0.3) is 0 Å².